The summed E-state index contributed by atoms with van der Waals surface area (Å²) in [5, 5.41) is 0. The van der Waals surface area contributed by atoms with Gasteiger partial charge in [0, 0.05) is 18.7 Å². The quantitative estimate of drug-likeness (QED) is 0.725. The summed E-state index contributed by atoms with van der Waals surface area (Å²) in [6, 6.07) is 6.55. The summed E-state index contributed by atoms with van der Waals surface area (Å²) in [5.74, 6) is 1.26. The van der Waals surface area contributed by atoms with E-state index < -0.39 is 0 Å². The van der Waals surface area contributed by atoms with Crippen molar-refractivity contribution in [2.24, 2.45) is 5.92 Å². The normalized spacial score (nSPS) is 19.3. The van der Waals surface area contributed by atoms with E-state index in [1.54, 1.807) is 0 Å². The van der Waals surface area contributed by atoms with Gasteiger partial charge >= 0.3 is 0 Å². The molecule has 0 saturated carbocycles. The van der Waals surface area contributed by atoms with Gasteiger partial charge in [0.1, 0.15) is 0 Å². The van der Waals surface area contributed by atoms with Crippen molar-refractivity contribution in [3.8, 4) is 0 Å². The van der Waals surface area contributed by atoms with Gasteiger partial charge in [-0.15, -0.1) is 0 Å². The number of carbonyl (C=O) groups is 1. The summed E-state index contributed by atoms with van der Waals surface area (Å²) in [5.41, 5.74) is 3.74. The van der Waals surface area contributed by atoms with E-state index in [2.05, 4.69) is 36.9 Å². The first-order valence-electron chi connectivity index (χ1n) is 10.3. The number of fused-ring (bicyclic) bond motifs is 1. The van der Waals surface area contributed by atoms with E-state index in [1.807, 2.05) is 4.90 Å². The molecule has 2 aliphatic heterocycles. The topological polar surface area (TPSA) is 23.6 Å². The largest absolute Gasteiger partial charge is 0.312 e. The number of unbranched alkanes of at least 4 members (excludes halogenated alkanes) is 1. The maximum atomic E-state index is 12.4. The molecule has 1 amide bonds. The lowest BCUT2D eigenvalue weighted by molar-refractivity contribution is -0.118. The number of carbonyl (C=O) groups excluding carboxylic acids is 1. The summed E-state index contributed by atoms with van der Waals surface area (Å²) >= 11 is 0. The average Bonchev–Trinajstić information content (AvgIpc) is 2.63. The minimum atomic E-state index is 0.302. The Bertz CT molecular complexity index is 575. The van der Waals surface area contributed by atoms with Crippen molar-refractivity contribution in [1.29, 1.82) is 0 Å². The number of nitrogens with zero attached hydrogens (tertiary/aromatic N) is 2. The Morgan fingerprint density at radius 2 is 1.88 bits per heavy atom. The van der Waals surface area contributed by atoms with E-state index in [-0.39, 0.29) is 0 Å². The number of hydrogen-bond donors (Lipinski definition) is 0. The van der Waals surface area contributed by atoms with E-state index in [0.717, 1.165) is 37.5 Å². The Morgan fingerprint density at radius 1 is 1.08 bits per heavy atom. The van der Waals surface area contributed by atoms with Gasteiger partial charge in [0.05, 0.1) is 0 Å². The molecule has 3 heteroatoms. The third-order valence-electron chi connectivity index (χ3n) is 5.97. The van der Waals surface area contributed by atoms with Crippen LogP contribution < -0.4 is 4.90 Å². The molecule has 0 atom stereocenters. The lowest BCUT2D eigenvalue weighted by Crippen LogP contribution is -2.39. The van der Waals surface area contributed by atoms with Crippen LogP contribution in [0.2, 0.25) is 0 Å². The molecule has 0 spiro atoms. The minimum absolute atomic E-state index is 0.302. The Kier molecular flexibility index (Phi) is 6.52. The fourth-order valence-electron chi connectivity index (χ4n) is 4.34. The van der Waals surface area contributed by atoms with Crippen molar-refractivity contribution in [3.05, 3.63) is 29.3 Å². The third-order valence-corrected chi connectivity index (χ3v) is 5.97. The predicted molar refractivity (Wildman–Crippen MR) is 105 cm³/mol. The van der Waals surface area contributed by atoms with Gasteiger partial charge in [-0.2, -0.15) is 0 Å². The first kappa shape index (κ1) is 18.4. The van der Waals surface area contributed by atoms with Gasteiger partial charge in [-0.25, -0.2) is 0 Å². The zero-order valence-corrected chi connectivity index (χ0v) is 16.1. The molecule has 0 aromatic heterocycles. The Labute approximate surface area is 153 Å². The highest BCUT2D eigenvalue weighted by Crippen LogP contribution is 2.29. The number of anilines is 1. The maximum Gasteiger partial charge on any atom is 0.227 e. The van der Waals surface area contributed by atoms with Gasteiger partial charge in [0.25, 0.3) is 0 Å². The summed E-state index contributed by atoms with van der Waals surface area (Å²) < 4.78 is 0. The highest BCUT2D eigenvalue weighted by Gasteiger charge is 2.24. The van der Waals surface area contributed by atoms with Crippen LogP contribution >= 0.6 is 0 Å². The molecule has 1 aromatic carbocycles. The molecule has 0 bridgehead atoms. The van der Waals surface area contributed by atoms with Crippen LogP contribution in [0.25, 0.3) is 0 Å². The van der Waals surface area contributed by atoms with Crippen molar-refractivity contribution in [2.75, 3.05) is 31.1 Å². The summed E-state index contributed by atoms with van der Waals surface area (Å²) in [4.78, 5) is 17.1. The van der Waals surface area contributed by atoms with Crippen molar-refractivity contribution in [1.82, 2.24) is 4.90 Å². The molecule has 25 heavy (non-hydrogen) atoms. The van der Waals surface area contributed by atoms with E-state index in [1.165, 1.54) is 56.3 Å². The zero-order valence-electron chi connectivity index (χ0n) is 16.1. The second kappa shape index (κ2) is 8.84. The lowest BCUT2D eigenvalue weighted by Gasteiger charge is -2.33. The molecular weight excluding hydrogens is 308 g/mol. The van der Waals surface area contributed by atoms with Gasteiger partial charge in [0.2, 0.25) is 5.91 Å². The number of amides is 1. The van der Waals surface area contributed by atoms with E-state index in [0.29, 0.717) is 12.3 Å². The van der Waals surface area contributed by atoms with Gasteiger partial charge < -0.3 is 9.80 Å². The Morgan fingerprint density at radius 3 is 2.64 bits per heavy atom. The van der Waals surface area contributed by atoms with Crippen molar-refractivity contribution >= 4 is 11.6 Å². The van der Waals surface area contributed by atoms with Crippen LogP contribution in [0.4, 0.5) is 5.69 Å². The molecule has 2 aliphatic rings. The van der Waals surface area contributed by atoms with Crippen LogP contribution in [0.15, 0.2) is 18.2 Å². The first-order chi connectivity index (χ1) is 12.2. The highest BCUT2D eigenvalue weighted by molar-refractivity contribution is 5.96. The number of hydrogen-bond acceptors (Lipinski definition) is 2. The van der Waals surface area contributed by atoms with Crippen LogP contribution in [-0.4, -0.2) is 37.0 Å². The van der Waals surface area contributed by atoms with Crippen molar-refractivity contribution in [2.45, 2.75) is 65.2 Å². The van der Waals surface area contributed by atoms with Crippen LogP contribution in [0.3, 0.4) is 0 Å². The maximum absolute atomic E-state index is 12.4. The molecule has 1 aromatic rings. The SMILES string of the molecule is CCCCC1CCN(CCCN2C(=O)CCc3ccc(C)cc32)CC1. The first-order valence-corrected chi connectivity index (χ1v) is 10.3. The molecular formula is C22H34N2O. The predicted octanol–water partition coefficient (Wildman–Crippen LogP) is 4.57. The highest BCUT2D eigenvalue weighted by atomic mass is 16.2. The van der Waals surface area contributed by atoms with E-state index in [4.69, 9.17) is 0 Å². The monoisotopic (exact) mass is 342 g/mol. The minimum Gasteiger partial charge on any atom is -0.312 e. The molecule has 1 saturated heterocycles. The third kappa shape index (κ3) is 4.84. The van der Waals surface area contributed by atoms with Gasteiger partial charge in [-0.3, -0.25) is 4.79 Å². The number of benzene rings is 1. The van der Waals surface area contributed by atoms with Gasteiger partial charge in [-0.1, -0.05) is 38.3 Å². The summed E-state index contributed by atoms with van der Waals surface area (Å²) in [6.07, 6.45) is 9.51. The molecule has 0 aliphatic carbocycles. The summed E-state index contributed by atoms with van der Waals surface area (Å²) in [6.45, 7) is 8.89. The van der Waals surface area contributed by atoms with Crippen molar-refractivity contribution in [3.63, 3.8) is 0 Å². The van der Waals surface area contributed by atoms with E-state index >= 15 is 0 Å². The lowest BCUT2D eigenvalue weighted by atomic mass is 9.91. The summed E-state index contributed by atoms with van der Waals surface area (Å²) in [7, 11) is 0. The Hall–Kier alpha value is -1.35. The van der Waals surface area contributed by atoms with E-state index in [9.17, 15) is 4.79 Å². The molecule has 2 heterocycles. The number of piperidine rings is 1. The average molecular weight is 343 g/mol. The molecule has 3 rings (SSSR count). The number of aryl methyl sites for hydroxylation is 2. The molecule has 3 nitrogen and oxygen atoms in total. The van der Waals surface area contributed by atoms with Crippen LogP contribution in [0.5, 0.6) is 0 Å². The van der Waals surface area contributed by atoms with Gasteiger partial charge in [0.15, 0.2) is 0 Å². The van der Waals surface area contributed by atoms with Gasteiger partial charge in [-0.05, 0) is 75.4 Å². The zero-order chi connectivity index (χ0) is 17.6. The van der Waals surface area contributed by atoms with Crippen LogP contribution in [0.1, 0.15) is 63.0 Å². The fraction of sp³-hybridized carbons (Fsp3) is 0.682. The molecule has 0 radical (unpaired) electrons. The van der Waals surface area contributed by atoms with Crippen LogP contribution in [0, 0.1) is 12.8 Å². The van der Waals surface area contributed by atoms with Crippen LogP contribution in [-0.2, 0) is 11.2 Å². The number of rotatable bonds is 7. The fourth-order valence-corrected chi connectivity index (χ4v) is 4.34. The Balaban J connectivity index is 1.47. The van der Waals surface area contributed by atoms with Crippen molar-refractivity contribution < 1.29 is 4.79 Å². The molecule has 1 fully saturated rings. The molecule has 0 unspecified atom stereocenters. The second-order valence-electron chi connectivity index (χ2n) is 7.96. The molecule has 138 valence electrons. The smallest absolute Gasteiger partial charge is 0.227 e. The number of likely N-dealkylation sites (tertiary alicyclic amines) is 1. The molecule has 0 N–H and O–H groups in total. The standard InChI is InChI=1S/C22H34N2O/c1-3-4-6-19-11-15-23(16-12-19)13-5-14-24-21-17-18(2)7-8-20(21)9-10-22(24)25/h7-8,17,19H,3-6,9-16H2,1-2H3. The second-order valence-corrected chi connectivity index (χ2v) is 7.96.